The van der Waals surface area contributed by atoms with Gasteiger partial charge in [-0.25, -0.2) is 0 Å². The minimum atomic E-state index is 0.0483. The molecule has 0 bridgehead atoms. The third-order valence-electron chi connectivity index (χ3n) is 1.76. The highest BCUT2D eigenvalue weighted by molar-refractivity contribution is 7.80. The summed E-state index contributed by atoms with van der Waals surface area (Å²) in [4.78, 5) is 11.2. The van der Waals surface area contributed by atoms with Crippen molar-refractivity contribution in [1.29, 1.82) is 0 Å². The first-order valence-electron chi connectivity index (χ1n) is 4.59. The van der Waals surface area contributed by atoms with Crippen molar-refractivity contribution in [1.82, 2.24) is 15.1 Å². The van der Waals surface area contributed by atoms with E-state index in [-0.39, 0.29) is 5.91 Å². The third-order valence-corrected chi connectivity index (χ3v) is 1.99. The van der Waals surface area contributed by atoms with Gasteiger partial charge in [0.1, 0.15) is 0 Å². The van der Waals surface area contributed by atoms with Crippen LogP contribution in [0, 0.1) is 6.92 Å². The number of hydrogen-bond donors (Lipinski definition) is 2. The molecule has 0 saturated heterocycles. The summed E-state index contributed by atoms with van der Waals surface area (Å²) in [6.45, 7) is 3.23. The first kappa shape index (κ1) is 11.1. The number of amides is 1. The summed E-state index contributed by atoms with van der Waals surface area (Å²) < 4.78 is 1.77. The minimum absolute atomic E-state index is 0.0483. The number of carbonyl (C=O) groups excluding carboxylic acids is 1. The molecule has 0 spiro atoms. The highest BCUT2D eigenvalue weighted by atomic mass is 32.1. The molecule has 0 unspecified atom stereocenters. The Balaban J connectivity index is 2.23. The van der Waals surface area contributed by atoms with Crippen molar-refractivity contribution in [3.63, 3.8) is 0 Å². The molecule has 1 heterocycles. The quantitative estimate of drug-likeness (QED) is 0.705. The number of nitrogens with zero attached hydrogens (tertiary/aromatic N) is 2. The number of nitrogens with one attached hydrogen (secondary N) is 1. The Kier molecular flexibility index (Phi) is 4.52. The van der Waals surface area contributed by atoms with Gasteiger partial charge in [0.05, 0.1) is 6.20 Å². The number of rotatable bonds is 5. The molecular weight excluding hydrogens is 198 g/mol. The second-order valence-corrected chi connectivity index (χ2v) is 3.55. The van der Waals surface area contributed by atoms with Crippen molar-refractivity contribution in [2.45, 2.75) is 19.9 Å². The highest BCUT2D eigenvalue weighted by Crippen LogP contribution is 1.95. The molecule has 78 valence electrons. The lowest BCUT2D eigenvalue weighted by atomic mass is 10.4. The van der Waals surface area contributed by atoms with Gasteiger partial charge in [0.2, 0.25) is 5.91 Å². The maximum Gasteiger partial charge on any atom is 0.221 e. The van der Waals surface area contributed by atoms with Gasteiger partial charge in [-0.15, -0.1) is 0 Å². The topological polar surface area (TPSA) is 46.9 Å². The Morgan fingerprint density at radius 3 is 3.07 bits per heavy atom. The van der Waals surface area contributed by atoms with Crippen LogP contribution in [0.1, 0.15) is 12.0 Å². The number of aromatic nitrogens is 2. The van der Waals surface area contributed by atoms with Crippen molar-refractivity contribution in [3.8, 4) is 0 Å². The zero-order valence-corrected chi connectivity index (χ0v) is 9.13. The Morgan fingerprint density at radius 2 is 2.50 bits per heavy atom. The van der Waals surface area contributed by atoms with Crippen molar-refractivity contribution in [2.24, 2.45) is 0 Å². The molecule has 1 rings (SSSR count). The van der Waals surface area contributed by atoms with Gasteiger partial charge in [0, 0.05) is 31.5 Å². The lowest BCUT2D eigenvalue weighted by molar-refractivity contribution is -0.121. The SMILES string of the molecule is Cc1cnn(CCC(=O)NCCS)c1. The van der Waals surface area contributed by atoms with Crippen molar-refractivity contribution < 1.29 is 4.79 Å². The summed E-state index contributed by atoms with van der Waals surface area (Å²) in [6.07, 6.45) is 4.17. The van der Waals surface area contributed by atoms with Crippen LogP contribution in [-0.4, -0.2) is 28.0 Å². The molecule has 0 aliphatic carbocycles. The van der Waals surface area contributed by atoms with E-state index in [0.717, 1.165) is 5.56 Å². The van der Waals surface area contributed by atoms with Crippen LogP contribution in [-0.2, 0) is 11.3 Å². The average Bonchev–Trinajstić information content (AvgIpc) is 2.58. The van der Waals surface area contributed by atoms with Crippen molar-refractivity contribution >= 4 is 18.5 Å². The van der Waals surface area contributed by atoms with E-state index in [2.05, 4.69) is 23.0 Å². The molecule has 1 N–H and O–H groups in total. The molecule has 0 fully saturated rings. The fourth-order valence-corrected chi connectivity index (χ4v) is 1.20. The summed E-state index contributed by atoms with van der Waals surface area (Å²) in [5.74, 6) is 0.722. The van der Waals surface area contributed by atoms with E-state index in [9.17, 15) is 4.79 Å². The van der Waals surface area contributed by atoms with E-state index in [1.54, 1.807) is 10.9 Å². The molecule has 0 saturated carbocycles. The van der Waals surface area contributed by atoms with Gasteiger partial charge in [-0.2, -0.15) is 17.7 Å². The molecule has 0 aromatic carbocycles. The largest absolute Gasteiger partial charge is 0.355 e. The van der Waals surface area contributed by atoms with Gasteiger partial charge in [-0.3, -0.25) is 9.48 Å². The lowest BCUT2D eigenvalue weighted by Gasteiger charge is -2.02. The highest BCUT2D eigenvalue weighted by Gasteiger charge is 2.00. The van der Waals surface area contributed by atoms with Crippen molar-refractivity contribution in [2.75, 3.05) is 12.3 Å². The predicted molar refractivity (Wildman–Crippen MR) is 58.4 cm³/mol. The van der Waals surface area contributed by atoms with Crippen LogP contribution in [0.3, 0.4) is 0 Å². The number of thiol groups is 1. The molecule has 1 aromatic heterocycles. The Labute approximate surface area is 89.1 Å². The summed E-state index contributed by atoms with van der Waals surface area (Å²) >= 11 is 4.00. The number of carbonyl (C=O) groups is 1. The Bertz CT molecular complexity index is 298. The van der Waals surface area contributed by atoms with E-state index in [0.29, 0.717) is 25.3 Å². The maximum absolute atomic E-state index is 11.2. The van der Waals surface area contributed by atoms with Gasteiger partial charge >= 0.3 is 0 Å². The molecular formula is C9H15N3OS. The average molecular weight is 213 g/mol. The Hall–Kier alpha value is -0.970. The fraction of sp³-hybridized carbons (Fsp3) is 0.556. The summed E-state index contributed by atoms with van der Waals surface area (Å²) in [5.41, 5.74) is 1.11. The van der Waals surface area contributed by atoms with Crippen LogP contribution >= 0.6 is 12.6 Å². The van der Waals surface area contributed by atoms with Crippen LogP contribution in [0.15, 0.2) is 12.4 Å². The van der Waals surface area contributed by atoms with Gasteiger partial charge in [-0.1, -0.05) is 0 Å². The van der Waals surface area contributed by atoms with Crippen LogP contribution in [0.25, 0.3) is 0 Å². The molecule has 0 aliphatic rings. The zero-order chi connectivity index (χ0) is 10.4. The second-order valence-electron chi connectivity index (χ2n) is 3.10. The van der Waals surface area contributed by atoms with E-state index in [1.807, 2.05) is 13.1 Å². The molecule has 14 heavy (non-hydrogen) atoms. The lowest BCUT2D eigenvalue weighted by Crippen LogP contribution is -2.26. The molecule has 5 heteroatoms. The monoisotopic (exact) mass is 213 g/mol. The van der Waals surface area contributed by atoms with Gasteiger partial charge < -0.3 is 5.32 Å². The number of aryl methyl sites for hydroxylation is 2. The van der Waals surface area contributed by atoms with E-state index >= 15 is 0 Å². The second kappa shape index (κ2) is 5.70. The normalized spacial score (nSPS) is 10.1. The van der Waals surface area contributed by atoms with Gasteiger partial charge in [0.15, 0.2) is 0 Å². The number of hydrogen-bond acceptors (Lipinski definition) is 3. The summed E-state index contributed by atoms with van der Waals surface area (Å²) in [6, 6.07) is 0. The summed E-state index contributed by atoms with van der Waals surface area (Å²) in [7, 11) is 0. The molecule has 0 radical (unpaired) electrons. The molecule has 1 amide bonds. The summed E-state index contributed by atoms with van der Waals surface area (Å²) in [5, 5.41) is 6.84. The smallest absolute Gasteiger partial charge is 0.221 e. The minimum Gasteiger partial charge on any atom is -0.355 e. The van der Waals surface area contributed by atoms with Crippen LogP contribution < -0.4 is 5.32 Å². The first-order chi connectivity index (χ1) is 6.72. The van der Waals surface area contributed by atoms with E-state index in [4.69, 9.17) is 0 Å². The predicted octanol–water partition coefficient (Wildman–Crippen LogP) is 0.628. The molecule has 1 aromatic rings. The van der Waals surface area contributed by atoms with E-state index < -0.39 is 0 Å². The van der Waals surface area contributed by atoms with Gasteiger partial charge in [-0.05, 0) is 12.5 Å². The first-order valence-corrected chi connectivity index (χ1v) is 5.22. The maximum atomic E-state index is 11.2. The van der Waals surface area contributed by atoms with E-state index in [1.165, 1.54) is 0 Å². The Morgan fingerprint density at radius 1 is 1.71 bits per heavy atom. The zero-order valence-electron chi connectivity index (χ0n) is 8.23. The third kappa shape index (κ3) is 3.83. The fourth-order valence-electron chi connectivity index (χ4n) is 1.09. The molecule has 0 aliphatic heterocycles. The molecule has 4 nitrogen and oxygen atoms in total. The van der Waals surface area contributed by atoms with Crippen molar-refractivity contribution in [3.05, 3.63) is 18.0 Å². The molecule has 0 atom stereocenters. The van der Waals surface area contributed by atoms with Crippen LogP contribution in [0.2, 0.25) is 0 Å². The van der Waals surface area contributed by atoms with Crippen LogP contribution in [0.4, 0.5) is 0 Å². The van der Waals surface area contributed by atoms with Gasteiger partial charge in [0.25, 0.3) is 0 Å². The standard InChI is InChI=1S/C9H15N3OS/c1-8-6-11-12(7-8)4-2-9(13)10-3-5-14/h6-7,14H,2-5H2,1H3,(H,10,13). The van der Waals surface area contributed by atoms with Crippen LogP contribution in [0.5, 0.6) is 0 Å².